The lowest BCUT2D eigenvalue weighted by molar-refractivity contribution is -0.130. The number of hydrogen-bond donors (Lipinski definition) is 2. The van der Waals surface area contributed by atoms with Gasteiger partial charge < -0.3 is 15.2 Å². The predicted octanol–water partition coefficient (Wildman–Crippen LogP) is 2.47. The zero-order chi connectivity index (χ0) is 17.1. The third-order valence-corrected chi connectivity index (χ3v) is 5.02. The largest absolute Gasteiger partial charge is 0.361 e. The van der Waals surface area contributed by atoms with Crippen molar-refractivity contribution in [2.24, 2.45) is 5.92 Å². The summed E-state index contributed by atoms with van der Waals surface area (Å²) >= 11 is 0. The van der Waals surface area contributed by atoms with E-state index in [-0.39, 0.29) is 23.8 Å². The van der Waals surface area contributed by atoms with Gasteiger partial charge >= 0.3 is 0 Å². The van der Waals surface area contributed by atoms with Crippen LogP contribution in [0.25, 0.3) is 10.9 Å². The summed E-state index contributed by atoms with van der Waals surface area (Å²) < 4.78 is 0. The van der Waals surface area contributed by atoms with Crippen LogP contribution in [-0.4, -0.2) is 40.8 Å². The minimum Gasteiger partial charge on any atom is -0.361 e. The Morgan fingerprint density at radius 3 is 3.00 bits per heavy atom. The number of nitrogens with one attached hydrogen (secondary N) is 2. The zero-order valence-corrected chi connectivity index (χ0v) is 14.3. The standard InChI is InChI=1S/C19H25N3O2/c1-3-13(2)22-12-15(10-18(22)23)19(24)20-9-8-14-11-21-17-7-5-4-6-16(14)17/h4-7,11,13,15,21H,3,8-10,12H2,1-2H3,(H,20,24). The first-order valence-electron chi connectivity index (χ1n) is 8.72. The Morgan fingerprint density at radius 2 is 2.21 bits per heavy atom. The maximum atomic E-state index is 12.3. The van der Waals surface area contributed by atoms with Crippen LogP contribution in [0.5, 0.6) is 0 Å². The van der Waals surface area contributed by atoms with Crippen LogP contribution in [0.15, 0.2) is 30.5 Å². The van der Waals surface area contributed by atoms with Crippen molar-refractivity contribution in [3.63, 3.8) is 0 Å². The lowest BCUT2D eigenvalue weighted by Gasteiger charge is -2.23. The van der Waals surface area contributed by atoms with Gasteiger partial charge in [0, 0.05) is 42.7 Å². The van der Waals surface area contributed by atoms with Gasteiger partial charge in [-0.15, -0.1) is 0 Å². The number of hydrogen-bond acceptors (Lipinski definition) is 2. The van der Waals surface area contributed by atoms with Gasteiger partial charge in [-0.25, -0.2) is 0 Å². The van der Waals surface area contributed by atoms with Crippen LogP contribution >= 0.6 is 0 Å². The van der Waals surface area contributed by atoms with Gasteiger partial charge in [0.05, 0.1) is 5.92 Å². The molecule has 2 aromatic rings. The molecule has 2 unspecified atom stereocenters. The molecule has 24 heavy (non-hydrogen) atoms. The van der Waals surface area contributed by atoms with Gasteiger partial charge in [0.25, 0.3) is 0 Å². The van der Waals surface area contributed by atoms with Crippen LogP contribution < -0.4 is 5.32 Å². The highest BCUT2D eigenvalue weighted by molar-refractivity contribution is 5.89. The molecule has 1 aliphatic heterocycles. The Hall–Kier alpha value is -2.30. The molecule has 5 nitrogen and oxygen atoms in total. The van der Waals surface area contributed by atoms with E-state index in [2.05, 4.69) is 23.3 Å². The summed E-state index contributed by atoms with van der Waals surface area (Å²) in [6.45, 7) is 5.24. The summed E-state index contributed by atoms with van der Waals surface area (Å²) in [7, 11) is 0. The van der Waals surface area contributed by atoms with Crippen LogP contribution in [0.2, 0.25) is 0 Å². The monoisotopic (exact) mass is 327 g/mol. The molecule has 0 spiro atoms. The van der Waals surface area contributed by atoms with E-state index in [0.29, 0.717) is 19.5 Å². The molecule has 5 heteroatoms. The fourth-order valence-electron chi connectivity index (χ4n) is 3.36. The molecule has 2 heterocycles. The molecule has 1 saturated heterocycles. The van der Waals surface area contributed by atoms with Crippen LogP contribution in [0.3, 0.4) is 0 Å². The van der Waals surface area contributed by atoms with E-state index in [4.69, 9.17) is 0 Å². The molecule has 1 fully saturated rings. The lowest BCUT2D eigenvalue weighted by atomic mass is 10.1. The number of aromatic nitrogens is 1. The lowest BCUT2D eigenvalue weighted by Crippen LogP contribution is -2.37. The summed E-state index contributed by atoms with van der Waals surface area (Å²) in [5.74, 6) is -0.121. The number of fused-ring (bicyclic) bond motifs is 1. The quantitative estimate of drug-likeness (QED) is 0.856. The first-order chi connectivity index (χ1) is 11.6. The molecule has 128 valence electrons. The van der Waals surface area contributed by atoms with Crippen molar-refractivity contribution >= 4 is 22.7 Å². The average Bonchev–Trinajstić information content (AvgIpc) is 3.18. The molecule has 2 amide bonds. The number of likely N-dealkylation sites (tertiary alicyclic amines) is 1. The second-order valence-electron chi connectivity index (χ2n) is 6.60. The fraction of sp³-hybridized carbons (Fsp3) is 0.474. The number of rotatable bonds is 6. The molecule has 0 radical (unpaired) electrons. The van der Waals surface area contributed by atoms with Crippen molar-refractivity contribution in [3.8, 4) is 0 Å². The zero-order valence-electron chi connectivity index (χ0n) is 14.3. The highest BCUT2D eigenvalue weighted by Gasteiger charge is 2.35. The Bertz CT molecular complexity index is 737. The van der Waals surface area contributed by atoms with Gasteiger partial charge in [-0.2, -0.15) is 0 Å². The van der Waals surface area contributed by atoms with Crippen LogP contribution in [-0.2, 0) is 16.0 Å². The highest BCUT2D eigenvalue weighted by Crippen LogP contribution is 2.22. The number of carbonyl (C=O) groups excluding carboxylic acids is 2. The first kappa shape index (κ1) is 16.6. The van der Waals surface area contributed by atoms with Gasteiger partial charge in [0.2, 0.25) is 11.8 Å². The van der Waals surface area contributed by atoms with E-state index in [1.54, 1.807) is 0 Å². The minimum atomic E-state index is -0.213. The van der Waals surface area contributed by atoms with Crippen molar-refractivity contribution in [2.45, 2.75) is 39.2 Å². The van der Waals surface area contributed by atoms with E-state index >= 15 is 0 Å². The Labute approximate surface area is 142 Å². The van der Waals surface area contributed by atoms with Crippen molar-refractivity contribution in [3.05, 3.63) is 36.0 Å². The molecule has 0 saturated carbocycles. The molecular formula is C19H25N3O2. The van der Waals surface area contributed by atoms with Gasteiger partial charge in [0.15, 0.2) is 0 Å². The summed E-state index contributed by atoms with van der Waals surface area (Å²) in [5.41, 5.74) is 2.32. The fourth-order valence-corrected chi connectivity index (χ4v) is 3.36. The van der Waals surface area contributed by atoms with Crippen molar-refractivity contribution < 1.29 is 9.59 Å². The second-order valence-corrected chi connectivity index (χ2v) is 6.60. The number of H-pyrrole nitrogens is 1. The van der Waals surface area contributed by atoms with E-state index in [9.17, 15) is 9.59 Å². The van der Waals surface area contributed by atoms with Crippen molar-refractivity contribution in [1.82, 2.24) is 15.2 Å². The number of amides is 2. The summed E-state index contributed by atoms with van der Waals surface area (Å²) in [6, 6.07) is 8.37. The van der Waals surface area contributed by atoms with E-state index in [0.717, 1.165) is 18.4 Å². The molecule has 1 aliphatic rings. The number of nitrogens with zero attached hydrogens (tertiary/aromatic N) is 1. The Balaban J connectivity index is 1.52. The SMILES string of the molecule is CCC(C)N1CC(C(=O)NCCc2c[nH]c3ccccc23)CC1=O. The highest BCUT2D eigenvalue weighted by atomic mass is 16.2. The molecule has 3 rings (SSSR count). The predicted molar refractivity (Wildman–Crippen MR) is 94.6 cm³/mol. The number of carbonyl (C=O) groups is 2. The molecule has 1 aromatic carbocycles. The van der Waals surface area contributed by atoms with E-state index < -0.39 is 0 Å². The Morgan fingerprint density at radius 1 is 1.42 bits per heavy atom. The number of aromatic amines is 1. The third-order valence-electron chi connectivity index (χ3n) is 5.02. The maximum absolute atomic E-state index is 12.3. The van der Waals surface area contributed by atoms with Crippen molar-refractivity contribution in [1.29, 1.82) is 0 Å². The summed E-state index contributed by atoms with van der Waals surface area (Å²) in [4.78, 5) is 29.5. The summed E-state index contributed by atoms with van der Waals surface area (Å²) in [5, 5.41) is 4.19. The maximum Gasteiger partial charge on any atom is 0.225 e. The van der Waals surface area contributed by atoms with E-state index in [1.165, 1.54) is 10.9 Å². The minimum absolute atomic E-state index is 0.00556. The molecule has 1 aromatic heterocycles. The average molecular weight is 327 g/mol. The number of benzene rings is 1. The van der Waals surface area contributed by atoms with Gasteiger partial charge in [-0.1, -0.05) is 25.1 Å². The third kappa shape index (κ3) is 3.30. The topological polar surface area (TPSA) is 65.2 Å². The number of para-hydroxylation sites is 1. The van der Waals surface area contributed by atoms with Gasteiger partial charge in [0.1, 0.15) is 0 Å². The second kappa shape index (κ2) is 7.07. The van der Waals surface area contributed by atoms with Gasteiger partial charge in [-0.05, 0) is 31.4 Å². The summed E-state index contributed by atoms with van der Waals surface area (Å²) in [6.07, 6.45) is 4.04. The van der Waals surface area contributed by atoms with Crippen LogP contribution in [0.4, 0.5) is 0 Å². The molecule has 0 aliphatic carbocycles. The van der Waals surface area contributed by atoms with Gasteiger partial charge in [-0.3, -0.25) is 9.59 Å². The van der Waals surface area contributed by atoms with Crippen LogP contribution in [0.1, 0.15) is 32.3 Å². The smallest absolute Gasteiger partial charge is 0.225 e. The van der Waals surface area contributed by atoms with Crippen LogP contribution in [0, 0.1) is 5.92 Å². The van der Waals surface area contributed by atoms with Crippen molar-refractivity contribution in [2.75, 3.05) is 13.1 Å². The molecule has 2 atom stereocenters. The van der Waals surface area contributed by atoms with E-state index in [1.807, 2.05) is 36.2 Å². The molecule has 0 bridgehead atoms. The first-order valence-corrected chi connectivity index (χ1v) is 8.72. The molecule has 2 N–H and O–H groups in total. The Kier molecular flexibility index (Phi) is 4.88. The normalized spacial score (nSPS) is 19.0. The molecular weight excluding hydrogens is 302 g/mol.